The van der Waals surface area contributed by atoms with Crippen molar-refractivity contribution in [3.63, 3.8) is 0 Å². The number of aldehydes is 1. The molecule has 0 spiro atoms. The molecule has 0 N–H and O–H groups in total. The molecule has 0 fully saturated rings. The molecule has 0 saturated carbocycles. The van der Waals surface area contributed by atoms with Crippen molar-refractivity contribution in [2.75, 3.05) is 0 Å². The first-order valence-electron chi connectivity index (χ1n) is 5.03. The van der Waals surface area contributed by atoms with Crippen LogP contribution in [0, 0.1) is 5.82 Å². The molecule has 98 valence electrons. The molecule has 19 heavy (non-hydrogen) atoms. The third-order valence-electron chi connectivity index (χ3n) is 2.51. The lowest BCUT2D eigenvalue weighted by atomic mass is 10.0. The molecular formula is C13H5Cl4FO. The maximum atomic E-state index is 14.0. The molecule has 0 amide bonds. The highest BCUT2D eigenvalue weighted by Crippen LogP contribution is 2.43. The summed E-state index contributed by atoms with van der Waals surface area (Å²) < 4.78 is 14.0. The summed E-state index contributed by atoms with van der Waals surface area (Å²) in [6, 6.07) is 5.36. The summed E-state index contributed by atoms with van der Waals surface area (Å²) in [5.41, 5.74) is 0.611. The second-order valence-corrected chi connectivity index (χ2v) is 5.27. The van der Waals surface area contributed by atoms with E-state index in [1.807, 2.05) is 0 Å². The van der Waals surface area contributed by atoms with Crippen LogP contribution in [0.25, 0.3) is 11.1 Å². The van der Waals surface area contributed by atoms with Gasteiger partial charge in [-0.05, 0) is 12.1 Å². The van der Waals surface area contributed by atoms with Crippen LogP contribution in [0.4, 0.5) is 4.39 Å². The fourth-order valence-corrected chi connectivity index (χ4v) is 2.74. The van der Waals surface area contributed by atoms with Gasteiger partial charge in [0.2, 0.25) is 0 Å². The van der Waals surface area contributed by atoms with Gasteiger partial charge >= 0.3 is 0 Å². The Kier molecular flexibility index (Phi) is 4.36. The van der Waals surface area contributed by atoms with Crippen molar-refractivity contribution in [1.29, 1.82) is 0 Å². The van der Waals surface area contributed by atoms with Crippen LogP contribution in [0.5, 0.6) is 0 Å². The molecule has 0 saturated heterocycles. The first-order chi connectivity index (χ1) is 8.95. The van der Waals surface area contributed by atoms with Crippen LogP contribution in [-0.4, -0.2) is 6.29 Å². The van der Waals surface area contributed by atoms with E-state index >= 15 is 0 Å². The van der Waals surface area contributed by atoms with Crippen LogP contribution in [0.2, 0.25) is 20.1 Å². The summed E-state index contributed by atoms with van der Waals surface area (Å²) in [5, 5.41) is 0.529. The van der Waals surface area contributed by atoms with Gasteiger partial charge in [-0.15, -0.1) is 0 Å². The normalized spacial score (nSPS) is 10.6. The van der Waals surface area contributed by atoms with Crippen LogP contribution in [0.3, 0.4) is 0 Å². The summed E-state index contributed by atoms with van der Waals surface area (Å²) in [4.78, 5) is 10.6. The van der Waals surface area contributed by atoms with Crippen molar-refractivity contribution in [1.82, 2.24) is 0 Å². The molecule has 2 aromatic rings. The molecule has 0 bridgehead atoms. The Morgan fingerprint density at radius 2 is 1.63 bits per heavy atom. The van der Waals surface area contributed by atoms with E-state index in [-0.39, 0.29) is 36.8 Å². The maximum Gasteiger partial charge on any atom is 0.150 e. The highest BCUT2D eigenvalue weighted by Gasteiger charge is 2.18. The zero-order chi connectivity index (χ0) is 14.2. The molecule has 0 unspecified atom stereocenters. The van der Waals surface area contributed by atoms with Gasteiger partial charge in [-0.1, -0.05) is 58.5 Å². The van der Waals surface area contributed by atoms with Crippen molar-refractivity contribution in [2.24, 2.45) is 0 Å². The van der Waals surface area contributed by atoms with Crippen LogP contribution in [0.15, 0.2) is 24.3 Å². The molecule has 0 aliphatic heterocycles. The average Bonchev–Trinajstić information content (AvgIpc) is 2.38. The largest absolute Gasteiger partial charge is 0.298 e. The van der Waals surface area contributed by atoms with Gasteiger partial charge in [0, 0.05) is 16.7 Å². The molecule has 0 heterocycles. The molecule has 2 aromatic carbocycles. The number of hydrogen-bond donors (Lipinski definition) is 0. The number of carbonyl (C=O) groups is 1. The standard InChI is InChI=1S/C13H5Cl4FO/c14-8-4-9(15)12(16)13(17)11(8)7-2-1-6(5-19)3-10(7)18/h1-5H. The average molecular weight is 338 g/mol. The quantitative estimate of drug-likeness (QED) is 0.377. The van der Waals surface area contributed by atoms with E-state index in [0.29, 0.717) is 6.29 Å². The van der Waals surface area contributed by atoms with E-state index in [0.717, 1.165) is 6.07 Å². The second kappa shape index (κ2) is 5.68. The van der Waals surface area contributed by atoms with Crippen molar-refractivity contribution < 1.29 is 9.18 Å². The van der Waals surface area contributed by atoms with E-state index in [9.17, 15) is 9.18 Å². The topological polar surface area (TPSA) is 17.1 Å². The number of benzene rings is 2. The SMILES string of the molecule is O=Cc1ccc(-c2c(Cl)cc(Cl)c(Cl)c2Cl)c(F)c1. The van der Waals surface area contributed by atoms with Crippen molar-refractivity contribution in [2.45, 2.75) is 0 Å². The Bertz CT molecular complexity index is 670. The smallest absolute Gasteiger partial charge is 0.150 e. The molecule has 2 rings (SSSR count). The lowest BCUT2D eigenvalue weighted by molar-refractivity contribution is 0.112. The second-order valence-electron chi connectivity index (χ2n) is 3.70. The van der Waals surface area contributed by atoms with Crippen molar-refractivity contribution >= 4 is 52.7 Å². The van der Waals surface area contributed by atoms with Crippen molar-refractivity contribution in [3.8, 4) is 11.1 Å². The predicted molar refractivity (Wildman–Crippen MR) is 77.3 cm³/mol. The van der Waals surface area contributed by atoms with Crippen LogP contribution in [0.1, 0.15) is 10.4 Å². The fraction of sp³-hybridized carbons (Fsp3) is 0. The van der Waals surface area contributed by atoms with Gasteiger partial charge in [-0.2, -0.15) is 0 Å². The summed E-state index contributed by atoms with van der Waals surface area (Å²) >= 11 is 23.8. The molecule has 1 nitrogen and oxygen atoms in total. The molecule has 0 aliphatic carbocycles. The van der Waals surface area contributed by atoms with E-state index in [1.165, 1.54) is 18.2 Å². The zero-order valence-corrected chi connectivity index (χ0v) is 12.2. The van der Waals surface area contributed by atoms with Gasteiger partial charge < -0.3 is 0 Å². The Labute approximate surface area is 128 Å². The third-order valence-corrected chi connectivity index (χ3v) is 4.07. The molecular weight excluding hydrogens is 333 g/mol. The van der Waals surface area contributed by atoms with E-state index in [4.69, 9.17) is 46.4 Å². The van der Waals surface area contributed by atoms with Crippen LogP contribution in [-0.2, 0) is 0 Å². The zero-order valence-electron chi connectivity index (χ0n) is 9.18. The number of halogens is 5. The molecule has 0 aliphatic rings. The Hall–Kier alpha value is -0.800. The van der Waals surface area contributed by atoms with Crippen molar-refractivity contribution in [3.05, 3.63) is 55.7 Å². The lowest BCUT2D eigenvalue weighted by Gasteiger charge is -2.11. The Morgan fingerprint density at radius 3 is 2.21 bits per heavy atom. The van der Waals surface area contributed by atoms with E-state index in [2.05, 4.69) is 0 Å². The summed E-state index contributed by atoms with van der Waals surface area (Å²) in [6.45, 7) is 0. The summed E-state index contributed by atoms with van der Waals surface area (Å²) in [5.74, 6) is -0.619. The molecule has 0 atom stereocenters. The predicted octanol–water partition coefficient (Wildman–Crippen LogP) is 5.92. The van der Waals surface area contributed by atoms with E-state index < -0.39 is 5.82 Å². The van der Waals surface area contributed by atoms with Gasteiger partial charge in [0.1, 0.15) is 12.1 Å². The first kappa shape index (κ1) is 14.6. The highest BCUT2D eigenvalue weighted by atomic mass is 35.5. The van der Waals surface area contributed by atoms with Gasteiger partial charge in [0.05, 0.1) is 20.1 Å². The minimum Gasteiger partial charge on any atom is -0.298 e. The minimum absolute atomic E-state index is 0.0666. The molecule has 0 radical (unpaired) electrons. The van der Waals surface area contributed by atoms with Gasteiger partial charge in [-0.3, -0.25) is 4.79 Å². The lowest BCUT2D eigenvalue weighted by Crippen LogP contribution is -1.91. The third kappa shape index (κ3) is 2.72. The van der Waals surface area contributed by atoms with E-state index in [1.54, 1.807) is 0 Å². The first-order valence-corrected chi connectivity index (χ1v) is 6.55. The van der Waals surface area contributed by atoms with Gasteiger partial charge in [0.25, 0.3) is 0 Å². The Balaban J connectivity index is 2.72. The number of rotatable bonds is 2. The van der Waals surface area contributed by atoms with Crippen LogP contribution >= 0.6 is 46.4 Å². The Morgan fingerprint density at radius 1 is 0.947 bits per heavy atom. The highest BCUT2D eigenvalue weighted by molar-refractivity contribution is 6.51. The van der Waals surface area contributed by atoms with Gasteiger partial charge in [-0.25, -0.2) is 4.39 Å². The molecule has 0 aromatic heterocycles. The fourth-order valence-electron chi connectivity index (χ4n) is 1.62. The number of hydrogen-bond acceptors (Lipinski definition) is 1. The van der Waals surface area contributed by atoms with Crippen LogP contribution < -0.4 is 0 Å². The maximum absolute atomic E-state index is 14.0. The number of carbonyl (C=O) groups excluding carboxylic acids is 1. The summed E-state index contributed by atoms with van der Waals surface area (Å²) in [6.07, 6.45) is 0.547. The minimum atomic E-state index is -0.619. The summed E-state index contributed by atoms with van der Waals surface area (Å²) in [7, 11) is 0. The monoisotopic (exact) mass is 336 g/mol. The molecule has 6 heteroatoms. The van der Waals surface area contributed by atoms with Gasteiger partial charge in [0.15, 0.2) is 0 Å².